The number of hydrogen-bond donors (Lipinski definition) is 0. The molecule has 0 aliphatic carbocycles. The van der Waals surface area contributed by atoms with Gasteiger partial charge in [0.2, 0.25) is 0 Å². The normalized spacial score (nSPS) is 11.4. The maximum atomic E-state index is 2.67. The van der Waals surface area contributed by atoms with Crippen LogP contribution in [0.25, 0.3) is 0 Å². The van der Waals surface area contributed by atoms with Gasteiger partial charge in [-0.05, 0) is 0 Å². The van der Waals surface area contributed by atoms with Crippen LogP contribution in [0.2, 0.25) is 0 Å². The Balaban J connectivity index is -0.000000980. The molecule has 0 amide bonds. The minimum Gasteiger partial charge on any atom is -0.147 e. The molecule has 0 aromatic rings. The van der Waals surface area contributed by atoms with E-state index in [1.54, 1.807) is 0 Å². The van der Waals surface area contributed by atoms with Crippen molar-refractivity contribution in [1.29, 1.82) is 0 Å². The Morgan fingerprint density at radius 1 is 0.529 bits per heavy atom. The molecular weight excluding hydrogens is 291 g/mol. The van der Waals surface area contributed by atoms with Crippen molar-refractivity contribution in [1.82, 2.24) is 6.76 Å². The van der Waals surface area contributed by atoms with Crippen molar-refractivity contribution in [2.24, 2.45) is 0 Å². The topological polar surface area (TPSA) is 6.48 Å². The third kappa shape index (κ3) is 8.85. The summed E-state index contributed by atoms with van der Waals surface area (Å²) in [5, 5.41) is 0. The molecule has 5 heteroatoms. The van der Waals surface area contributed by atoms with Gasteiger partial charge in [-0.1, -0.05) is 0 Å². The molecule has 0 unspecified atom stereocenters. The SMILES string of the molecule is CC(C)[N]([Ti][N](C(C)C)C(C)C)C(C)C.Cl.Cl. The van der Waals surface area contributed by atoms with E-state index in [2.05, 4.69) is 62.2 Å². The average Bonchev–Trinajstić information content (AvgIpc) is 2.01. The zero-order valence-corrected chi connectivity index (χ0v) is 15.7. The second-order valence-electron chi connectivity index (χ2n) is 5.29. The molecule has 0 aliphatic heterocycles. The molecule has 0 rings (SSSR count). The summed E-state index contributed by atoms with van der Waals surface area (Å²) in [5.74, 6) is 0. The standard InChI is InChI=1S/2C6H14N.2ClH.Ti/c2*1-5(2)7-6(3)4;;;/h2*5-6H,1-4H3;2*1H;/q2*-1;;;+2. The smallest absolute Gasteiger partial charge is 0.147 e. The minimum absolute atomic E-state index is 0. The van der Waals surface area contributed by atoms with E-state index in [0.717, 1.165) is 0 Å². The predicted molar refractivity (Wildman–Crippen MR) is 78.7 cm³/mol. The summed E-state index contributed by atoms with van der Waals surface area (Å²) in [5.41, 5.74) is 0. The maximum absolute atomic E-state index is 2.67. The van der Waals surface area contributed by atoms with Crippen LogP contribution < -0.4 is 0 Å². The van der Waals surface area contributed by atoms with E-state index in [0.29, 0.717) is 24.2 Å². The molecule has 17 heavy (non-hydrogen) atoms. The first-order chi connectivity index (χ1) is 6.77. The van der Waals surface area contributed by atoms with Gasteiger partial charge in [0.15, 0.2) is 0 Å². The fourth-order valence-corrected chi connectivity index (χ4v) is 3.65. The maximum Gasteiger partial charge on any atom is -0.147 e. The van der Waals surface area contributed by atoms with Gasteiger partial charge in [-0.15, -0.1) is 24.8 Å². The van der Waals surface area contributed by atoms with Gasteiger partial charge in [0.05, 0.1) is 0 Å². The molecule has 0 aromatic carbocycles. The van der Waals surface area contributed by atoms with E-state index in [-0.39, 0.29) is 44.5 Å². The first-order valence-electron chi connectivity index (χ1n) is 6.10. The van der Waals surface area contributed by atoms with Gasteiger partial charge in [-0.3, -0.25) is 0 Å². The van der Waals surface area contributed by atoms with Crippen LogP contribution in [0.4, 0.5) is 0 Å². The van der Waals surface area contributed by atoms with Crippen LogP contribution in [0.3, 0.4) is 0 Å². The molecular formula is C12H30Cl2N2Ti. The van der Waals surface area contributed by atoms with Crippen molar-refractivity contribution in [2.75, 3.05) is 0 Å². The second kappa shape index (κ2) is 11.1. The van der Waals surface area contributed by atoms with Gasteiger partial charge < -0.3 is 0 Å². The number of rotatable bonds is 6. The van der Waals surface area contributed by atoms with Gasteiger partial charge >= 0.3 is 106 Å². The van der Waals surface area contributed by atoms with E-state index in [1.165, 1.54) is 0 Å². The average molecular weight is 321 g/mol. The summed E-state index contributed by atoms with van der Waals surface area (Å²) in [6.45, 7) is 18.5. The van der Waals surface area contributed by atoms with E-state index >= 15 is 0 Å². The first-order valence-corrected chi connectivity index (χ1v) is 7.50. The Bertz CT molecular complexity index is 142. The molecule has 0 radical (unpaired) electrons. The van der Waals surface area contributed by atoms with Crippen LogP contribution in [-0.2, 0) is 19.7 Å². The number of halogens is 2. The van der Waals surface area contributed by atoms with Gasteiger partial charge in [-0.2, -0.15) is 0 Å². The fourth-order valence-electron chi connectivity index (χ4n) is 1.79. The summed E-state index contributed by atoms with van der Waals surface area (Å²) in [7, 11) is 0. The third-order valence-corrected chi connectivity index (χ3v) is 6.40. The van der Waals surface area contributed by atoms with Crippen molar-refractivity contribution in [2.45, 2.75) is 79.6 Å². The van der Waals surface area contributed by atoms with Crippen LogP contribution in [0.1, 0.15) is 55.4 Å². The van der Waals surface area contributed by atoms with Crippen LogP contribution in [-0.4, -0.2) is 30.9 Å². The van der Waals surface area contributed by atoms with E-state index < -0.39 is 0 Å². The summed E-state index contributed by atoms with van der Waals surface area (Å²) in [6.07, 6.45) is 0. The predicted octanol–water partition coefficient (Wildman–Crippen LogP) is 3.98. The molecule has 0 fully saturated rings. The van der Waals surface area contributed by atoms with Crippen LogP contribution in [0.15, 0.2) is 0 Å². The Kier molecular flexibility index (Phi) is 15.2. The Morgan fingerprint density at radius 3 is 0.824 bits per heavy atom. The summed E-state index contributed by atoms with van der Waals surface area (Å²) in [6, 6.07) is 2.69. The minimum atomic E-state index is -0.148. The van der Waals surface area contributed by atoms with Gasteiger partial charge in [0, 0.05) is 0 Å². The molecule has 2 nitrogen and oxygen atoms in total. The van der Waals surface area contributed by atoms with Crippen LogP contribution in [0.5, 0.6) is 0 Å². The monoisotopic (exact) mass is 320 g/mol. The van der Waals surface area contributed by atoms with Crippen molar-refractivity contribution in [3.05, 3.63) is 0 Å². The quantitative estimate of drug-likeness (QED) is 0.683. The molecule has 0 bridgehead atoms. The van der Waals surface area contributed by atoms with E-state index in [4.69, 9.17) is 0 Å². The molecule has 106 valence electrons. The Labute approximate surface area is 130 Å². The number of nitrogens with zero attached hydrogens (tertiary/aromatic N) is 2. The molecule has 0 aromatic heterocycles. The van der Waals surface area contributed by atoms with Gasteiger partial charge in [-0.25, -0.2) is 0 Å². The van der Waals surface area contributed by atoms with E-state index in [1.807, 2.05) is 0 Å². The largest absolute Gasteiger partial charge is 0.147 e. The zero-order chi connectivity index (χ0) is 12.2. The van der Waals surface area contributed by atoms with Crippen molar-refractivity contribution >= 4 is 24.8 Å². The number of hydrogen-bond acceptors (Lipinski definition) is 2. The summed E-state index contributed by atoms with van der Waals surface area (Å²) >= 11 is -0.148. The molecule has 0 atom stereocenters. The van der Waals surface area contributed by atoms with Crippen LogP contribution >= 0.6 is 24.8 Å². The molecule has 0 saturated heterocycles. The van der Waals surface area contributed by atoms with Gasteiger partial charge in [0.1, 0.15) is 0 Å². The first kappa shape index (κ1) is 23.3. The van der Waals surface area contributed by atoms with Crippen LogP contribution in [0, 0.1) is 0 Å². The summed E-state index contributed by atoms with van der Waals surface area (Å²) in [4.78, 5) is 0. The van der Waals surface area contributed by atoms with Crippen molar-refractivity contribution in [3.63, 3.8) is 0 Å². The Morgan fingerprint density at radius 2 is 0.706 bits per heavy atom. The fraction of sp³-hybridized carbons (Fsp3) is 1.00. The van der Waals surface area contributed by atoms with Crippen molar-refractivity contribution in [3.8, 4) is 0 Å². The zero-order valence-electron chi connectivity index (χ0n) is 12.5. The van der Waals surface area contributed by atoms with Gasteiger partial charge in [0.25, 0.3) is 0 Å². The van der Waals surface area contributed by atoms with E-state index in [9.17, 15) is 0 Å². The molecule has 0 saturated carbocycles. The molecule has 0 heterocycles. The van der Waals surface area contributed by atoms with Crippen molar-refractivity contribution < 1.29 is 19.7 Å². The Hall–Kier alpha value is 1.21. The molecule has 0 aliphatic rings. The third-order valence-electron chi connectivity index (χ3n) is 2.46. The second-order valence-corrected chi connectivity index (χ2v) is 7.21. The summed E-state index contributed by atoms with van der Waals surface area (Å²) < 4.78 is 5.33. The molecule has 0 spiro atoms. The molecule has 0 N–H and O–H groups in total.